The summed E-state index contributed by atoms with van der Waals surface area (Å²) in [5.74, 6) is 1.37. The molecule has 0 aromatic carbocycles. The summed E-state index contributed by atoms with van der Waals surface area (Å²) in [5.41, 5.74) is 0. The fourth-order valence-electron chi connectivity index (χ4n) is 2.82. The third kappa shape index (κ3) is 3.17. The van der Waals surface area contributed by atoms with Crippen molar-refractivity contribution in [3.8, 4) is 0 Å². The number of aliphatic hydroxyl groups is 1. The van der Waals surface area contributed by atoms with Crippen molar-refractivity contribution in [3.63, 3.8) is 0 Å². The van der Waals surface area contributed by atoms with Gasteiger partial charge in [0.15, 0.2) is 11.7 Å². The van der Waals surface area contributed by atoms with Crippen LogP contribution in [-0.2, 0) is 4.79 Å². The third-order valence-corrected chi connectivity index (χ3v) is 3.75. The van der Waals surface area contributed by atoms with Crippen molar-refractivity contribution in [1.29, 1.82) is 0 Å². The van der Waals surface area contributed by atoms with E-state index in [-0.39, 0.29) is 30.6 Å². The molecule has 2 fully saturated rings. The van der Waals surface area contributed by atoms with Crippen LogP contribution in [0.1, 0.15) is 39.5 Å². The number of hydrogen-bond donors (Lipinski definition) is 2. The van der Waals surface area contributed by atoms with Gasteiger partial charge in [-0.25, -0.2) is 0 Å². The van der Waals surface area contributed by atoms with Crippen LogP contribution in [0, 0.1) is 0 Å². The minimum absolute atomic E-state index is 0.0368. The van der Waals surface area contributed by atoms with E-state index in [9.17, 15) is 9.90 Å². The number of rotatable bonds is 2. The predicted molar refractivity (Wildman–Crippen MR) is 79.0 cm³/mol. The van der Waals surface area contributed by atoms with Crippen LogP contribution in [0.3, 0.4) is 0 Å². The fourth-order valence-corrected chi connectivity index (χ4v) is 2.82. The molecule has 0 unspecified atom stereocenters. The zero-order valence-corrected chi connectivity index (χ0v) is 12.5. The first-order valence-corrected chi connectivity index (χ1v) is 7.32. The normalized spacial score (nSPS) is 32.0. The lowest BCUT2D eigenvalue weighted by atomic mass is 9.91. The van der Waals surface area contributed by atoms with Crippen molar-refractivity contribution >= 4 is 17.6 Å². The Bertz CT molecular complexity index is 423. The molecular formula is C14H24N4O2. The highest BCUT2D eigenvalue weighted by molar-refractivity contribution is 6.44. The quantitative estimate of drug-likeness (QED) is 0.776. The van der Waals surface area contributed by atoms with E-state index in [1.54, 1.807) is 11.9 Å². The molecule has 0 aromatic rings. The SMILES string of the molecule is C/N=C1\C(=N/C(C)C)NCC(=O)N1[C@H]1CC[C@H](O)CC1. The number of aliphatic imine (C=N–C) groups is 2. The van der Waals surface area contributed by atoms with Crippen LogP contribution in [0.15, 0.2) is 9.98 Å². The van der Waals surface area contributed by atoms with Gasteiger partial charge in [-0.05, 0) is 39.5 Å². The molecule has 1 aliphatic heterocycles. The summed E-state index contributed by atoms with van der Waals surface area (Å²) >= 11 is 0. The highest BCUT2D eigenvalue weighted by atomic mass is 16.3. The van der Waals surface area contributed by atoms with Crippen LogP contribution in [0.2, 0.25) is 0 Å². The molecule has 0 bridgehead atoms. The molecule has 20 heavy (non-hydrogen) atoms. The van der Waals surface area contributed by atoms with Crippen LogP contribution < -0.4 is 5.32 Å². The van der Waals surface area contributed by atoms with Gasteiger partial charge in [0.2, 0.25) is 5.91 Å². The molecule has 112 valence electrons. The molecule has 1 saturated heterocycles. The van der Waals surface area contributed by atoms with E-state index in [2.05, 4.69) is 15.3 Å². The second-order valence-electron chi connectivity index (χ2n) is 5.70. The first-order chi connectivity index (χ1) is 9.52. The number of carbonyl (C=O) groups excluding carboxylic acids is 1. The van der Waals surface area contributed by atoms with Crippen molar-refractivity contribution in [3.05, 3.63) is 0 Å². The molecule has 0 spiro atoms. The standard InChI is InChI=1S/C14H24N4O2/c1-9(2)17-13-14(15-3)18(12(20)8-16-13)10-4-6-11(19)7-5-10/h9-11,19H,4-8H2,1-3H3,(H,16,17)/b15-14+/t10-,11-. The number of nitrogens with one attached hydrogen (secondary N) is 1. The van der Waals surface area contributed by atoms with E-state index in [0.29, 0.717) is 11.7 Å². The van der Waals surface area contributed by atoms with Crippen molar-refractivity contribution in [2.75, 3.05) is 13.6 Å². The zero-order valence-electron chi connectivity index (χ0n) is 12.5. The van der Waals surface area contributed by atoms with Crippen LogP contribution in [0.4, 0.5) is 0 Å². The van der Waals surface area contributed by atoms with Gasteiger partial charge in [0.05, 0.1) is 12.6 Å². The van der Waals surface area contributed by atoms with Crippen molar-refractivity contribution < 1.29 is 9.90 Å². The van der Waals surface area contributed by atoms with Crippen molar-refractivity contribution in [1.82, 2.24) is 10.2 Å². The van der Waals surface area contributed by atoms with Crippen LogP contribution in [0.5, 0.6) is 0 Å². The molecule has 2 N–H and O–H groups in total. The van der Waals surface area contributed by atoms with Gasteiger partial charge in [-0.1, -0.05) is 0 Å². The van der Waals surface area contributed by atoms with Gasteiger partial charge < -0.3 is 10.4 Å². The molecule has 0 atom stereocenters. The van der Waals surface area contributed by atoms with Gasteiger partial charge in [0.1, 0.15) is 0 Å². The lowest BCUT2D eigenvalue weighted by molar-refractivity contribution is -0.129. The number of amides is 1. The Kier molecular flexibility index (Phi) is 4.75. The van der Waals surface area contributed by atoms with Crippen molar-refractivity contribution in [2.45, 2.75) is 57.7 Å². The highest BCUT2D eigenvalue weighted by Crippen LogP contribution is 2.24. The summed E-state index contributed by atoms with van der Waals surface area (Å²) in [6.07, 6.45) is 2.90. The highest BCUT2D eigenvalue weighted by Gasteiger charge is 2.36. The maximum Gasteiger partial charge on any atom is 0.247 e. The second kappa shape index (κ2) is 6.35. The van der Waals surface area contributed by atoms with E-state index in [1.807, 2.05) is 13.8 Å². The molecular weight excluding hydrogens is 256 g/mol. The predicted octanol–water partition coefficient (Wildman–Crippen LogP) is 0.557. The zero-order chi connectivity index (χ0) is 14.7. The van der Waals surface area contributed by atoms with E-state index in [0.717, 1.165) is 25.7 Å². The van der Waals surface area contributed by atoms with Gasteiger partial charge in [-0.15, -0.1) is 0 Å². The number of nitrogens with zero attached hydrogens (tertiary/aromatic N) is 3. The summed E-state index contributed by atoms with van der Waals surface area (Å²) < 4.78 is 0. The Morgan fingerprint density at radius 1 is 1.30 bits per heavy atom. The van der Waals surface area contributed by atoms with Gasteiger partial charge >= 0.3 is 0 Å². The van der Waals surface area contributed by atoms with Gasteiger partial charge in [-0.2, -0.15) is 0 Å². The lowest BCUT2D eigenvalue weighted by Gasteiger charge is -2.39. The molecule has 0 radical (unpaired) electrons. The third-order valence-electron chi connectivity index (χ3n) is 3.75. The first kappa shape index (κ1) is 15.0. The van der Waals surface area contributed by atoms with Gasteiger partial charge in [0.25, 0.3) is 0 Å². The molecule has 1 amide bonds. The van der Waals surface area contributed by atoms with E-state index in [4.69, 9.17) is 0 Å². The average molecular weight is 280 g/mol. The Labute approximate surface area is 120 Å². The molecule has 2 rings (SSSR count). The molecule has 2 aliphatic rings. The van der Waals surface area contributed by atoms with Crippen LogP contribution >= 0.6 is 0 Å². The first-order valence-electron chi connectivity index (χ1n) is 7.32. The Morgan fingerprint density at radius 3 is 2.50 bits per heavy atom. The average Bonchev–Trinajstić information content (AvgIpc) is 2.41. The molecule has 6 nitrogen and oxygen atoms in total. The van der Waals surface area contributed by atoms with E-state index in [1.165, 1.54) is 0 Å². The molecule has 1 aliphatic carbocycles. The number of aliphatic hydroxyl groups excluding tert-OH is 1. The Morgan fingerprint density at radius 2 is 1.95 bits per heavy atom. The summed E-state index contributed by atoms with van der Waals surface area (Å²) in [6, 6.07) is 0.279. The Balaban J connectivity index is 2.22. The number of amidine groups is 2. The molecule has 1 saturated carbocycles. The summed E-state index contributed by atoms with van der Waals surface area (Å²) in [7, 11) is 1.69. The number of piperazine rings is 1. The second-order valence-corrected chi connectivity index (χ2v) is 5.70. The summed E-state index contributed by atoms with van der Waals surface area (Å²) in [5, 5.41) is 12.7. The maximum absolute atomic E-state index is 12.2. The summed E-state index contributed by atoms with van der Waals surface area (Å²) in [4.78, 5) is 22.8. The largest absolute Gasteiger partial charge is 0.393 e. The molecule has 0 aromatic heterocycles. The number of carbonyl (C=O) groups is 1. The molecule has 6 heteroatoms. The fraction of sp³-hybridized carbons (Fsp3) is 0.786. The van der Waals surface area contributed by atoms with E-state index >= 15 is 0 Å². The minimum atomic E-state index is -0.227. The smallest absolute Gasteiger partial charge is 0.247 e. The van der Waals surface area contributed by atoms with Gasteiger partial charge in [-0.3, -0.25) is 19.7 Å². The topological polar surface area (TPSA) is 77.3 Å². The molecule has 1 heterocycles. The maximum atomic E-state index is 12.2. The number of hydrogen-bond acceptors (Lipinski definition) is 4. The minimum Gasteiger partial charge on any atom is -0.393 e. The van der Waals surface area contributed by atoms with Crippen LogP contribution in [0.25, 0.3) is 0 Å². The lowest BCUT2D eigenvalue weighted by Crippen LogP contribution is -2.60. The monoisotopic (exact) mass is 280 g/mol. The van der Waals surface area contributed by atoms with E-state index < -0.39 is 0 Å². The van der Waals surface area contributed by atoms with Crippen molar-refractivity contribution in [2.24, 2.45) is 9.98 Å². The van der Waals surface area contributed by atoms with Gasteiger partial charge in [0, 0.05) is 19.1 Å². The summed E-state index contributed by atoms with van der Waals surface area (Å²) in [6.45, 7) is 4.27. The Hall–Kier alpha value is -1.43. The van der Waals surface area contributed by atoms with Crippen LogP contribution in [-0.4, -0.2) is 59.4 Å².